The normalized spacial score (nSPS) is 18.5. The Hall–Kier alpha value is -2.60. The molecular formula is C20H21N3O2S. The molecule has 26 heavy (non-hydrogen) atoms. The minimum Gasteiger partial charge on any atom is -0.496 e. The Morgan fingerprint density at radius 3 is 2.62 bits per heavy atom. The van der Waals surface area contributed by atoms with Crippen molar-refractivity contribution in [2.75, 3.05) is 7.11 Å². The largest absolute Gasteiger partial charge is 0.496 e. The van der Waals surface area contributed by atoms with Crippen molar-refractivity contribution in [3.8, 4) is 5.75 Å². The Morgan fingerprint density at radius 1 is 1.15 bits per heavy atom. The van der Waals surface area contributed by atoms with Crippen molar-refractivity contribution in [1.29, 1.82) is 0 Å². The number of nitrogens with one attached hydrogen (secondary N) is 1. The highest BCUT2D eigenvalue weighted by Gasteiger charge is 2.30. The topological polar surface area (TPSA) is 63.1 Å². The van der Waals surface area contributed by atoms with Gasteiger partial charge in [0.25, 0.3) is 0 Å². The first-order valence-electron chi connectivity index (χ1n) is 8.49. The van der Waals surface area contributed by atoms with E-state index in [0.29, 0.717) is 11.6 Å². The van der Waals surface area contributed by atoms with Crippen LogP contribution in [0.3, 0.4) is 0 Å². The van der Waals surface area contributed by atoms with Crippen molar-refractivity contribution in [3.05, 3.63) is 65.2 Å². The summed E-state index contributed by atoms with van der Waals surface area (Å²) in [6.45, 7) is 2.13. The molecule has 5 nitrogen and oxygen atoms in total. The fourth-order valence-electron chi connectivity index (χ4n) is 2.63. The molecule has 1 saturated heterocycles. The Labute approximate surface area is 157 Å². The van der Waals surface area contributed by atoms with E-state index < -0.39 is 0 Å². The molecule has 1 aliphatic rings. The van der Waals surface area contributed by atoms with E-state index in [-0.39, 0.29) is 11.2 Å². The van der Waals surface area contributed by atoms with Crippen LogP contribution in [0, 0.1) is 0 Å². The van der Waals surface area contributed by atoms with Crippen LogP contribution < -0.4 is 10.1 Å². The zero-order chi connectivity index (χ0) is 18.4. The SMILES string of the molecule is CCc1ccc(CC2S/C(=N/N=C/c3ccccc3OC)NC2=O)cc1. The monoisotopic (exact) mass is 367 g/mol. The van der Waals surface area contributed by atoms with Crippen molar-refractivity contribution >= 4 is 29.1 Å². The number of aryl methyl sites for hydroxylation is 1. The average molecular weight is 367 g/mol. The predicted octanol–water partition coefficient (Wildman–Crippen LogP) is 3.42. The van der Waals surface area contributed by atoms with Crippen molar-refractivity contribution < 1.29 is 9.53 Å². The van der Waals surface area contributed by atoms with Crippen LogP contribution in [-0.2, 0) is 17.6 Å². The average Bonchev–Trinajstić information content (AvgIpc) is 3.02. The van der Waals surface area contributed by atoms with Crippen molar-refractivity contribution in [3.63, 3.8) is 0 Å². The molecular weight excluding hydrogens is 346 g/mol. The summed E-state index contributed by atoms with van der Waals surface area (Å²) < 4.78 is 5.27. The van der Waals surface area contributed by atoms with E-state index in [1.54, 1.807) is 13.3 Å². The number of rotatable bonds is 6. The van der Waals surface area contributed by atoms with E-state index in [1.807, 2.05) is 24.3 Å². The van der Waals surface area contributed by atoms with Crippen LogP contribution in [0.4, 0.5) is 0 Å². The smallest absolute Gasteiger partial charge is 0.239 e. The molecule has 0 spiro atoms. The fraction of sp³-hybridized carbons (Fsp3) is 0.250. The van der Waals surface area contributed by atoms with Crippen molar-refractivity contribution in [2.24, 2.45) is 10.2 Å². The summed E-state index contributed by atoms with van der Waals surface area (Å²) in [7, 11) is 1.61. The molecule has 134 valence electrons. The number of para-hydroxylation sites is 1. The molecule has 2 aromatic rings. The third-order valence-electron chi connectivity index (χ3n) is 4.11. The number of carbonyl (C=O) groups is 1. The second-order valence-electron chi connectivity index (χ2n) is 5.86. The molecule has 1 unspecified atom stereocenters. The Morgan fingerprint density at radius 2 is 1.88 bits per heavy atom. The molecule has 1 aliphatic heterocycles. The quantitative estimate of drug-likeness (QED) is 0.628. The molecule has 0 bridgehead atoms. The first-order valence-corrected chi connectivity index (χ1v) is 9.37. The number of amidine groups is 1. The summed E-state index contributed by atoms with van der Waals surface area (Å²) in [6, 6.07) is 15.9. The van der Waals surface area contributed by atoms with E-state index in [9.17, 15) is 4.79 Å². The number of thioether (sulfide) groups is 1. The third kappa shape index (κ3) is 4.52. The molecule has 6 heteroatoms. The van der Waals surface area contributed by atoms with Crippen LogP contribution in [0.1, 0.15) is 23.6 Å². The second-order valence-corrected chi connectivity index (χ2v) is 7.05. The van der Waals surface area contributed by atoms with Crippen molar-refractivity contribution in [2.45, 2.75) is 25.0 Å². The first-order chi connectivity index (χ1) is 12.7. The first kappa shape index (κ1) is 18.2. The van der Waals surface area contributed by atoms with Crippen LogP contribution in [0.5, 0.6) is 5.75 Å². The highest BCUT2D eigenvalue weighted by atomic mass is 32.2. The molecule has 1 amide bonds. The highest BCUT2D eigenvalue weighted by Crippen LogP contribution is 2.23. The van der Waals surface area contributed by atoms with Crippen LogP contribution in [0.15, 0.2) is 58.7 Å². The lowest BCUT2D eigenvalue weighted by atomic mass is 10.1. The molecule has 0 aromatic heterocycles. The van der Waals surface area contributed by atoms with Crippen LogP contribution in [0.2, 0.25) is 0 Å². The maximum atomic E-state index is 12.2. The molecule has 1 N–H and O–H groups in total. The summed E-state index contributed by atoms with van der Waals surface area (Å²) in [6.07, 6.45) is 3.31. The minimum absolute atomic E-state index is 0.0270. The van der Waals surface area contributed by atoms with E-state index in [1.165, 1.54) is 17.3 Å². The van der Waals surface area contributed by atoms with Gasteiger partial charge in [0.05, 0.1) is 18.6 Å². The Kier molecular flexibility index (Phi) is 6.07. The molecule has 0 saturated carbocycles. The van der Waals surface area contributed by atoms with Gasteiger partial charge >= 0.3 is 0 Å². The van der Waals surface area contributed by atoms with Crippen molar-refractivity contribution in [1.82, 2.24) is 5.32 Å². The summed E-state index contributed by atoms with van der Waals surface area (Å²) in [4.78, 5) is 12.2. The fourth-order valence-corrected chi connectivity index (χ4v) is 3.59. The van der Waals surface area contributed by atoms with Crippen LogP contribution in [-0.4, -0.2) is 29.6 Å². The van der Waals surface area contributed by atoms with Gasteiger partial charge in [-0.25, -0.2) is 0 Å². The molecule has 1 fully saturated rings. The zero-order valence-electron chi connectivity index (χ0n) is 14.8. The zero-order valence-corrected chi connectivity index (χ0v) is 15.6. The number of nitrogens with zero attached hydrogens (tertiary/aromatic N) is 2. The van der Waals surface area contributed by atoms with Gasteiger partial charge in [-0.05, 0) is 36.1 Å². The lowest BCUT2D eigenvalue weighted by molar-refractivity contribution is -0.118. The van der Waals surface area contributed by atoms with E-state index in [2.05, 4.69) is 46.7 Å². The van der Waals surface area contributed by atoms with E-state index in [4.69, 9.17) is 4.74 Å². The van der Waals surface area contributed by atoms with Gasteiger partial charge in [-0.2, -0.15) is 5.10 Å². The Bertz CT molecular complexity index is 831. The van der Waals surface area contributed by atoms with Gasteiger partial charge in [0.2, 0.25) is 5.91 Å². The third-order valence-corrected chi connectivity index (χ3v) is 5.19. The van der Waals surface area contributed by atoms with Crippen LogP contribution in [0.25, 0.3) is 0 Å². The predicted molar refractivity (Wildman–Crippen MR) is 107 cm³/mol. The van der Waals surface area contributed by atoms with Gasteiger partial charge in [0, 0.05) is 5.56 Å². The van der Waals surface area contributed by atoms with Gasteiger partial charge in [0.15, 0.2) is 5.17 Å². The van der Waals surface area contributed by atoms with Gasteiger partial charge in [0.1, 0.15) is 5.75 Å². The second kappa shape index (κ2) is 8.67. The summed E-state index contributed by atoms with van der Waals surface area (Å²) in [5, 5.41) is 11.3. The maximum absolute atomic E-state index is 12.2. The lowest BCUT2D eigenvalue weighted by Crippen LogP contribution is -2.25. The van der Waals surface area contributed by atoms with E-state index in [0.717, 1.165) is 23.3 Å². The number of methoxy groups -OCH3 is 1. The number of amides is 1. The maximum Gasteiger partial charge on any atom is 0.239 e. The standard InChI is InChI=1S/C20H21N3O2S/c1-3-14-8-10-15(11-9-14)12-18-19(24)22-20(26-18)23-21-13-16-6-4-5-7-17(16)25-2/h4-11,13,18H,3,12H2,1-2H3,(H,22,23,24)/b21-13+. The van der Waals surface area contributed by atoms with Gasteiger partial charge < -0.3 is 10.1 Å². The molecule has 1 atom stereocenters. The van der Waals surface area contributed by atoms with E-state index >= 15 is 0 Å². The lowest BCUT2D eigenvalue weighted by Gasteiger charge is -2.06. The molecule has 3 rings (SSSR count). The highest BCUT2D eigenvalue weighted by molar-refractivity contribution is 8.15. The van der Waals surface area contributed by atoms with Gasteiger partial charge in [-0.15, -0.1) is 5.10 Å². The summed E-state index contributed by atoms with van der Waals surface area (Å²) >= 11 is 1.41. The number of benzene rings is 2. The number of hydrogen-bond acceptors (Lipinski definition) is 5. The number of ether oxygens (including phenoxy) is 1. The number of carbonyl (C=O) groups excluding carboxylic acids is 1. The van der Waals surface area contributed by atoms with Gasteiger partial charge in [-0.1, -0.05) is 55.1 Å². The molecule has 2 aromatic carbocycles. The molecule has 0 aliphatic carbocycles. The van der Waals surface area contributed by atoms with Crippen LogP contribution >= 0.6 is 11.8 Å². The molecule has 0 radical (unpaired) electrons. The summed E-state index contributed by atoms with van der Waals surface area (Å²) in [5.74, 6) is 0.703. The number of hydrogen-bond donors (Lipinski definition) is 1. The minimum atomic E-state index is -0.178. The Balaban J connectivity index is 1.63. The van der Waals surface area contributed by atoms with Gasteiger partial charge in [-0.3, -0.25) is 4.79 Å². The molecule has 1 heterocycles. The summed E-state index contributed by atoms with van der Waals surface area (Å²) in [5.41, 5.74) is 3.28.